The molecule has 2 aromatic carbocycles. The molecule has 0 aliphatic carbocycles. The second kappa shape index (κ2) is 8.47. The highest BCUT2D eigenvalue weighted by atomic mass is 35.5. The Labute approximate surface area is 204 Å². The average molecular weight is 516 g/mol. The number of nitro groups is 1. The minimum absolute atomic E-state index is 0.0133. The van der Waals surface area contributed by atoms with Gasteiger partial charge in [-0.2, -0.15) is 5.10 Å². The van der Waals surface area contributed by atoms with E-state index in [1.54, 1.807) is 24.3 Å². The lowest BCUT2D eigenvalue weighted by molar-refractivity contribution is -0.384. The average Bonchev–Trinajstić information content (AvgIpc) is 3.44. The smallest absolute Gasteiger partial charge is 0.269 e. The first-order chi connectivity index (χ1) is 16.6. The van der Waals surface area contributed by atoms with E-state index in [2.05, 4.69) is 10.4 Å². The molecule has 35 heavy (non-hydrogen) atoms. The van der Waals surface area contributed by atoms with Crippen molar-refractivity contribution in [3.05, 3.63) is 74.9 Å². The summed E-state index contributed by atoms with van der Waals surface area (Å²) in [5, 5.41) is 18.6. The quantitative estimate of drug-likeness (QED) is 0.406. The van der Waals surface area contributed by atoms with Crippen LogP contribution in [-0.4, -0.2) is 41.5 Å². The van der Waals surface area contributed by atoms with Crippen LogP contribution in [0, 0.1) is 16.0 Å². The van der Waals surface area contributed by atoms with Crippen LogP contribution in [-0.2, 0) is 30.9 Å². The van der Waals surface area contributed by atoms with Gasteiger partial charge in [0.25, 0.3) is 5.69 Å². The van der Waals surface area contributed by atoms with Crippen molar-refractivity contribution >= 4 is 50.4 Å². The molecular formula is C22H18ClN5O6S. The molecule has 1 atom stereocenters. The molecule has 0 bridgehead atoms. The number of nitrogens with one attached hydrogen (secondary N) is 1. The van der Waals surface area contributed by atoms with Gasteiger partial charge in [-0.05, 0) is 36.4 Å². The highest BCUT2D eigenvalue weighted by Crippen LogP contribution is 2.34. The number of nitrogens with zero attached hydrogens (tertiary/aromatic N) is 4. The van der Waals surface area contributed by atoms with Crippen LogP contribution < -0.4 is 10.2 Å². The molecule has 1 N–H and O–H groups in total. The number of hydrogen-bond acceptors (Lipinski definition) is 7. The van der Waals surface area contributed by atoms with Crippen molar-refractivity contribution in [2.24, 2.45) is 5.92 Å². The van der Waals surface area contributed by atoms with Crippen LogP contribution in [0.4, 0.5) is 17.2 Å². The summed E-state index contributed by atoms with van der Waals surface area (Å²) in [5.74, 6) is -1.72. The number of aromatic nitrogens is 2. The number of benzene rings is 2. The van der Waals surface area contributed by atoms with Crippen molar-refractivity contribution in [1.82, 2.24) is 9.78 Å². The predicted octanol–water partition coefficient (Wildman–Crippen LogP) is 2.85. The zero-order valence-corrected chi connectivity index (χ0v) is 19.6. The zero-order chi connectivity index (χ0) is 24.9. The van der Waals surface area contributed by atoms with E-state index in [1.165, 1.54) is 33.8 Å². The number of anilines is 2. The molecule has 2 aliphatic rings. The summed E-state index contributed by atoms with van der Waals surface area (Å²) < 4.78 is 25.7. The Balaban J connectivity index is 1.43. The van der Waals surface area contributed by atoms with E-state index < -0.39 is 26.6 Å². The van der Waals surface area contributed by atoms with Crippen molar-refractivity contribution in [3.8, 4) is 5.69 Å². The fourth-order valence-electron chi connectivity index (χ4n) is 4.25. The number of rotatable bonds is 5. The van der Waals surface area contributed by atoms with Crippen LogP contribution in [0.25, 0.3) is 5.69 Å². The number of non-ortho nitro benzene ring substituents is 1. The van der Waals surface area contributed by atoms with E-state index in [9.17, 15) is 28.1 Å². The van der Waals surface area contributed by atoms with Crippen LogP contribution in [0.5, 0.6) is 0 Å². The summed E-state index contributed by atoms with van der Waals surface area (Å²) >= 11 is 5.92. The number of nitro benzene ring substituents is 1. The van der Waals surface area contributed by atoms with Gasteiger partial charge in [-0.3, -0.25) is 19.7 Å². The van der Waals surface area contributed by atoms with Crippen LogP contribution in [0.3, 0.4) is 0 Å². The first-order valence-electron chi connectivity index (χ1n) is 10.5. The number of carbonyl (C=O) groups is 2. The van der Waals surface area contributed by atoms with Crippen molar-refractivity contribution in [3.63, 3.8) is 0 Å². The van der Waals surface area contributed by atoms with Gasteiger partial charge >= 0.3 is 0 Å². The monoisotopic (exact) mass is 515 g/mol. The molecule has 2 amide bonds. The van der Waals surface area contributed by atoms with E-state index >= 15 is 0 Å². The summed E-state index contributed by atoms with van der Waals surface area (Å²) in [6.45, 7) is 0.151. The Morgan fingerprint density at radius 1 is 1.09 bits per heavy atom. The summed E-state index contributed by atoms with van der Waals surface area (Å²) in [5.41, 5.74) is 1.61. The molecule has 0 radical (unpaired) electrons. The Kier molecular flexibility index (Phi) is 5.56. The Bertz CT molecular complexity index is 1470. The first kappa shape index (κ1) is 23.0. The molecule has 3 aromatic rings. The van der Waals surface area contributed by atoms with Gasteiger partial charge in [0.15, 0.2) is 9.84 Å². The standard InChI is InChI=1S/C22H18ClN5O6S/c23-14-1-3-15(4-2-14)26-10-13(9-20(26)29)22(30)24-21-18-11-35(33,34)12-19(18)25-27(21)16-5-7-17(8-6-16)28(31)32/h1-8,13H,9-12H2,(H,24,30). The normalized spacial score (nSPS) is 18.5. The van der Waals surface area contributed by atoms with E-state index in [0.717, 1.165) is 0 Å². The molecule has 5 rings (SSSR count). The topological polar surface area (TPSA) is 145 Å². The van der Waals surface area contributed by atoms with Gasteiger partial charge in [0.1, 0.15) is 5.82 Å². The third-order valence-corrected chi connectivity index (χ3v) is 7.66. The number of sulfone groups is 1. The number of halogens is 1. The lowest BCUT2D eigenvalue weighted by Gasteiger charge is -2.17. The molecule has 1 unspecified atom stereocenters. The highest BCUT2D eigenvalue weighted by molar-refractivity contribution is 7.90. The molecule has 13 heteroatoms. The molecule has 1 fully saturated rings. The number of amides is 2. The second-order valence-corrected chi connectivity index (χ2v) is 10.9. The van der Waals surface area contributed by atoms with Gasteiger partial charge in [0.05, 0.1) is 33.7 Å². The SMILES string of the molecule is O=C(Nc1c2c(nn1-c1ccc([N+](=O)[O-])cc1)CS(=O)(=O)C2)C1CC(=O)N(c2ccc(Cl)cc2)C1. The van der Waals surface area contributed by atoms with Crippen molar-refractivity contribution in [2.45, 2.75) is 17.9 Å². The number of carbonyl (C=O) groups excluding carboxylic acids is 2. The maximum Gasteiger partial charge on any atom is 0.269 e. The molecule has 0 spiro atoms. The highest BCUT2D eigenvalue weighted by Gasteiger charge is 2.38. The molecule has 1 aromatic heterocycles. The van der Waals surface area contributed by atoms with Crippen molar-refractivity contribution in [1.29, 1.82) is 0 Å². The molecule has 180 valence electrons. The van der Waals surface area contributed by atoms with Gasteiger partial charge in [-0.1, -0.05) is 11.6 Å². The largest absolute Gasteiger partial charge is 0.312 e. The third-order valence-electron chi connectivity index (χ3n) is 5.97. The predicted molar refractivity (Wildman–Crippen MR) is 127 cm³/mol. The number of hydrogen-bond donors (Lipinski definition) is 1. The minimum Gasteiger partial charge on any atom is -0.312 e. The van der Waals surface area contributed by atoms with Gasteiger partial charge in [0, 0.05) is 41.4 Å². The fraction of sp³-hybridized carbons (Fsp3) is 0.227. The van der Waals surface area contributed by atoms with E-state index in [0.29, 0.717) is 27.7 Å². The Morgan fingerprint density at radius 3 is 2.40 bits per heavy atom. The van der Waals surface area contributed by atoms with Crippen molar-refractivity contribution < 1.29 is 22.9 Å². The lowest BCUT2D eigenvalue weighted by Crippen LogP contribution is -2.29. The maximum absolute atomic E-state index is 13.2. The Morgan fingerprint density at radius 2 is 1.74 bits per heavy atom. The lowest BCUT2D eigenvalue weighted by atomic mass is 10.1. The van der Waals surface area contributed by atoms with Crippen molar-refractivity contribution in [2.75, 3.05) is 16.8 Å². The van der Waals surface area contributed by atoms with Gasteiger partial charge in [0.2, 0.25) is 11.8 Å². The molecule has 0 saturated carbocycles. The maximum atomic E-state index is 13.2. The van der Waals surface area contributed by atoms with Crippen LogP contribution in [0.1, 0.15) is 17.7 Å². The molecule has 11 nitrogen and oxygen atoms in total. The minimum atomic E-state index is -3.40. The van der Waals surface area contributed by atoms with Crippen LogP contribution in [0.15, 0.2) is 48.5 Å². The second-order valence-electron chi connectivity index (χ2n) is 8.36. The summed E-state index contributed by atoms with van der Waals surface area (Å²) in [7, 11) is -3.40. The fourth-order valence-corrected chi connectivity index (χ4v) is 5.87. The van der Waals surface area contributed by atoms with E-state index in [1.807, 2.05) is 0 Å². The van der Waals surface area contributed by atoms with E-state index in [4.69, 9.17) is 11.6 Å². The molecule has 3 heterocycles. The first-order valence-corrected chi connectivity index (χ1v) is 12.7. The van der Waals surface area contributed by atoms with Gasteiger partial charge < -0.3 is 10.2 Å². The van der Waals surface area contributed by atoms with Crippen LogP contribution in [0.2, 0.25) is 5.02 Å². The van der Waals surface area contributed by atoms with Gasteiger partial charge in [-0.25, -0.2) is 13.1 Å². The van der Waals surface area contributed by atoms with Crippen LogP contribution >= 0.6 is 11.6 Å². The Hall–Kier alpha value is -3.77. The summed E-state index contributed by atoms with van der Waals surface area (Å²) in [4.78, 5) is 37.7. The third kappa shape index (κ3) is 4.37. The van der Waals surface area contributed by atoms with E-state index in [-0.39, 0.29) is 41.9 Å². The summed E-state index contributed by atoms with van der Waals surface area (Å²) in [6.07, 6.45) is -0.0133. The molecule has 2 aliphatic heterocycles. The van der Waals surface area contributed by atoms with Gasteiger partial charge in [-0.15, -0.1) is 0 Å². The number of fused-ring (bicyclic) bond motifs is 1. The molecular weight excluding hydrogens is 498 g/mol. The molecule has 1 saturated heterocycles. The summed E-state index contributed by atoms with van der Waals surface area (Å²) in [6, 6.07) is 12.2. The zero-order valence-electron chi connectivity index (χ0n) is 18.0.